The van der Waals surface area contributed by atoms with E-state index in [1.807, 2.05) is 0 Å². The minimum atomic E-state index is -5.13. The summed E-state index contributed by atoms with van der Waals surface area (Å²) in [6.45, 7) is 0. The van der Waals surface area contributed by atoms with E-state index in [1.54, 1.807) is 0 Å². The van der Waals surface area contributed by atoms with Crippen LogP contribution >= 0.6 is 0 Å². The molecule has 0 aliphatic carbocycles. The zero-order valence-electron chi connectivity index (χ0n) is 12.2. The monoisotopic (exact) mass is 366 g/mol. The highest BCUT2D eigenvalue weighted by Crippen LogP contribution is 2.40. The zero-order valence-corrected chi connectivity index (χ0v) is 12.2. The Morgan fingerprint density at radius 2 is 1.68 bits per heavy atom. The van der Waals surface area contributed by atoms with Crippen LogP contribution in [0.1, 0.15) is 15.9 Å². The molecule has 2 aromatic carbocycles. The van der Waals surface area contributed by atoms with Crippen molar-refractivity contribution in [1.29, 1.82) is 0 Å². The summed E-state index contributed by atoms with van der Waals surface area (Å²) in [6, 6.07) is 1.65. The Labute approximate surface area is 136 Å². The van der Waals surface area contributed by atoms with E-state index >= 15 is 0 Å². The van der Waals surface area contributed by atoms with Crippen LogP contribution in [0, 0.1) is 17.5 Å². The van der Waals surface area contributed by atoms with Crippen molar-refractivity contribution in [2.45, 2.75) is 6.18 Å². The number of hydrogen-bond donors (Lipinski definition) is 1. The van der Waals surface area contributed by atoms with Crippen LogP contribution in [0.5, 0.6) is 17.2 Å². The van der Waals surface area contributed by atoms with Crippen molar-refractivity contribution in [1.82, 2.24) is 0 Å². The molecule has 0 radical (unpaired) electrons. The Kier molecular flexibility index (Phi) is 4.82. The first-order chi connectivity index (χ1) is 11.6. The molecule has 0 bridgehead atoms. The highest BCUT2D eigenvalue weighted by molar-refractivity contribution is 5.91. The van der Waals surface area contributed by atoms with Crippen LogP contribution in [-0.4, -0.2) is 18.2 Å². The minimum absolute atomic E-state index is 0.111. The molecular weight excluding hydrogens is 358 g/mol. The molecule has 0 heterocycles. The summed E-state index contributed by atoms with van der Waals surface area (Å²) in [5, 5.41) is 8.99. The van der Waals surface area contributed by atoms with Gasteiger partial charge in [-0.25, -0.2) is 13.6 Å². The number of halogens is 6. The lowest BCUT2D eigenvalue weighted by atomic mass is 10.1. The second-order valence-corrected chi connectivity index (χ2v) is 4.63. The standard InChI is InChI=1S/C15H8F6O4/c1-24-13-10(3-2-8(16)12(13)18)25-11-5-7(15(19,20)21)9(17)4-6(11)14(22)23/h2-5H,1H3,(H,22,23). The number of carbonyl (C=O) groups is 1. The van der Waals surface area contributed by atoms with Crippen molar-refractivity contribution in [3.63, 3.8) is 0 Å². The van der Waals surface area contributed by atoms with E-state index in [1.165, 1.54) is 0 Å². The van der Waals surface area contributed by atoms with Crippen LogP contribution in [0.3, 0.4) is 0 Å². The van der Waals surface area contributed by atoms with E-state index in [0.29, 0.717) is 6.07 Å². The molecule has 0 atom stereocenters. The molecule has 0 aromatic heterocycles. The van der Waals surface area contributed by atoms with Gasteiger partial charge in [0.05, 0.1) is 12.7 Å². The fraction of sp³-hybridized carbons (Fsp3) is 0.133. The van der Waals surface area contributed by atoms with Gasteiger partial charge in [0.2, 0.25) is 11.6 Å². The average Bonchev–Trinajstić information content (AvgIpc) is 2.51. The van der Waals surface area contributed by atoms with E-state index in [2.05, 4.69) is 4.74 Å². The second-order valence-electron chi connectivity index (χ2n) is 4.63. The molecule has 25 heavy (non-hydrogen) atoms. The van der Waals surface area contributed by atoms with Gasteiger partial charge in [-0.05, 0) is 24.3 Å². The number of hydrogen-bond acceptors (Lipinski definition) is 3. The molecule has 0 saturated heterocycles. The predicted molar refractivity (Wildman–Crippen MR) is 71.3 cm³/mol. The van der Waals surface area contributed by atoms with Gasteiger partial charge in [0, 0.05) is 0 Å². The van der Waals surface area contributed by atoms with Crippen molar-refractivity contribution in [2.24, 2.45) is 0 Å². The minimum Gasteiger partial charge on any atom is -0.490 e. The number of carboxylic acids is 1. The van der Waals surface area contributed by atoms with Gasteiger partial charge >= 0.3 is 12.1 Å². The molecule has 10 heteroatoms. The quantitative estimate of drug-likeness (QED) is 0.803. The molecule has 4 nitrogen and oxygen atoms in total. The van der Waals surface area contributed by atoms with Gasteiger partial charge in [-0.2, -0.15) is 17.6 Å². The van der Waals surface area contributed by atoms with Crippen LogP contribution in [0.4, 0.5) is 26.3 Å². The van der Waals surface area contributed by atoms with Gasteiger partial charge in [0.25, 0.3) is 0 Å². The van der Waals surface area contributed by atoms with E-state index in [9.17, 15) is 31.1 Å². The molecular formula is C15H8F6O4. The Morgan fingerprint density at radius 3 is 2.20 bits per heavy atom. The lowest BCUT2D eigenvalue weighted by Gasteiger charge is -2.15. The summed E-state index contributed by atoms with van der Waals surface area (Å²) in [4.78, 5) is 11.1. The number of benzene rings is 2. The summed E-state index contributed by atoms with van der Waals surface area (Å²) < 4.78 is 88.2. The van der Waals surface area contributed by atoms with Crippen LogP contribution < -0.4 is 9.47 Å². The lowest BCUT2D eigenvalue weighted by Crippen LogP contribution is -2.11. The topological polar surface area (TPSA) is 55.8 Å². The van der Waals surface area contributed by atoms with E-state index in [4.69, 9.17) is 9.84 Å². The molecule has 0 aliphatic heterocycles. The van der Waals surface area contributed by atoms with Crippen LogP contribution in [0.25, 0.3) is 0 Å². The van der Waals surface area contributed by atoms with Gasteiger partial charge in [-0.1, -0.05) is 0 Å². The van der Waals surface area contributed by atoms with E-state index in [0.717, 1.165) is 13.2 Å². The van der Waals surface area contributed by atoms with Gasteiger partial charge in [0.15, 0.2) is 11.6 Å². The first-order valence-corrected chi connectivity index (χ1v) is 6.40. The molecule has 0 fully saturated rings. The van der Waals surface area contributed by atoms with Crippen molar-refractivity contribution in [3.8, 4) is 17.2 Å². The summed E-state index contributed by atoms with van der Waals surface area (Å²) in [5.74, 6) is -8.74. The fourth-order valence-electron chi connectivity index (χ4n) is 1.93. The summed E-state index contributed by atoms with van der Waals surface area (Å²) in [7, 11) is 0.939. The number of carboxylic acid groups (broad SMARTS) is 1. The van der Waals surface area contributed by atoms with Crippen molar-refractivity contribution in [2.75, 3.05) is 7.11 Å². The molecule has 2 rings (SSSR count). The maximum Gasteiger partial charge on any atom is 0.419 e. The zero-order chi connectivity index (χ0) is 18.9. The second kappa shape index (κ2) is 6.54. The summed E-state index contributed by atoms with van der Waals surface area (Å²) in [6.07, 6.45) is -5.13. The third-order valence-electron chi connectivity index (χ3n) is 3.04. The first kappa shape index (κ1) is 18.4. The maximum atomic E-state index is 13.6. The smallest absolute Gasteiger partial charge is 0.419 e. The first-order valence-electron chi connectivity index (χ1n) is 6.40. The SMILES string of the molecule is COc1c(Oc2cc(C(F)(F)F)c(F)cc2C(=O)O)ccc(F)c1F. The number of rotatable bonds is 4. The lowest BCUT2D eigenvalue weighted by molar-refractivity contribution is -0.140. The molecule has 2 aromatic rings. The molecule has 0 saturated carbocycles. The number of ether oxygens (including phenoxy) is 2. The Balaban J connectivity index is 2.63. The molecule has 0 unspecified atom stereocenters. The fourth-order valence-corrected chi connectivity index (χ4v) is 1.93. The van der Waals surface area contributed by atoms with E-state index < -0.39 is 58.0 Å². The Bertz CT molecular complexity index is 832. The Morgan fingerprint density at radius 1 is 1.04 bits per heavy atom. The molecule has 134 valence electrons. The molecule has 1 N–H and O–H groups in total. The largest absolute Gasteiger partial charge is 0.490 e. The molecule has 0 aliphatic rings. The molecule has 0 amide bonds. The summed E-state index contributed by atoms with van der Waals surface area (Å²) in [5.41, 5.74) is -2.73. The average molecular weight is 366 g/mol. The highest BCUT2D eigenvalue weighted by Gasteiger charge is 2.36. The molecule has 0 spiro atoms. The van der Waals surface area contributed by atoms with Crippen LogP contribution in [-0.2, 0) is 6.18 Å². The summed E-state index contributed by atoms with van der Waals surface area (Å²) >= 11 is 0. The third kappa shape index (κ3) is 3.62. The van der Waals surface area contributed by atoms with Crippen LogP contribution in [0.2, 0.25) is 0 Å². The number of alkyl halides is 3. The van der Waals surface area contributed by atoms with Crippen LogP contribution in [0.15, 0.2) is 24.3 Å². The van der Waals surface area contributed by atoms with Gasteiger partial charge in [-0.15, -0.1) is 0 Å². The number of methoxy groups -OCH3 is 1. The third-order valence-corrected chi connectivity index (χ3v) is 3.04. The highest BCUT2D eigenvalue weighted by atomic mass is 19.4. The van der Waals surface area contributed by atoms with Gasteiger partial charge in [0.1, 0.15) is 17.1 Å². The predicted octanol–water partition coefficient (Wildman–Crippen LogP) is 4.62. The van der Waals surface area contributed by atoms with E-state index in [-0.39, 0.29) is 12.1 Å². The normalized spacial score (nSPS) is 11.3. The Hall–Kier alpha value is -2.91. The maximum absolute atomic E-state index is 13.6. The van der Waals surface area contributed by atoms with Crippen molar-refractivity contribution >= 4 is 5.97 Å². The number of aromatic carboxylic acids is 1. The van der Waals surface area contributed by atoms with Gasteiger partial charge in [-0.3, -0.25) is 0 Å². The van der Waals surface area contributed by atoms with Crippen molar-refractivity contribution in [3.05, 3.63) is 52.8 Å². The van der Waals surface area contributed by atoms with Gasteiger partial charge < -0.3 is 14.6 Å². The van der Waals surface area contributed by atoms with Crippen molar-refractivity contribution < 1.29 is 45.7 Å².